The molecule has 4 nitrogen and oxygen atoms in total. The smallest absolute Gasteiger partial charge is 0.335 e. The van der Waals surface area contributed by atoms with Gasteiger partial charge in [-0.15, -0.1) is 0 Å². The predicted molar refractivity (Wildman–Crippen MR) is 51.7 cm³/mol. The highest BCUT2D eigenvalue weighted by Crippen LogP contribution is 2.12. The average molecular weight is 202 g/mol. The van der Waals surface area contributed by atoms with Crippen molar-refractivity contribution in [1.82, 2.24) is 0 Å². The van der Waals surface area contributed by atoms with Crippen LogP contribution in [-0.2, 0) is 14.3 Å². The number of unbranched alkanes of at least 4 members (excludes halogenated alkanes) is 1. The van der Waals surface area contributed by atoms with Gasteiger partial charge >= 0.3 is 5.97 Å². The van der Waals surface area contributed by atoms with Gasteiger partial charge < -0.3 is 14.6 Å². The largest absolute Gasteiger partial charge is 0.464 e. The SMILES string of the molecule is CCCC[C@@H](C=O)[C@@H](O)C(=O)OCC. The van der Waals surface area contributed by atoms with E-state index in [0.29, 0.717) is 12.7 Å². The predicted octanol–water partition coefficient (Wildman–Crippen LogP) is 0.916. The van der Waals surface area contributed by atoms with Crippen molar-refractivity contribution in [3.05, 3.63) is 0 Å². The minimum Gasteiger partial charge on any atom is -0.464 e. The number of carbonyl (C=O) groups is 2. The minimum absolute atomic E-state index is 0.218. The fourth-order valence-electron chi connectivity index (χ4n) is 1.14. The molecule has 0 heterocycles. The van der Waals surface area contributed by atoms with Gasteiger partial charge in [0.1, 0.15) is 6.29 Å². The second-order valence-corrected chi connectivity index (χ2v) is 3.14. The Morgan fingerprint density at radius 3 is 2.57 bits per heavy atom. The molecule has 0 bridgehead atoms. The van der Waals surface area contributed by atoms with Gasteiger partial charge in [-0.1, -0.05) is 19.8 Å². The van der Waals surface area contributed by atoms with Crippen LogP contribution in [0, 0.1) is 5.92 Å². The van der Waals surface area contributed by atoms with Crippen LogP contribution in [0.1, 0.15) is 33.1 Å². The van der Waals surface area contributed by atoms with E-state index in [4.69, 9.17) is 0 Å². The van der Waals surface area contributed by atoms with Crippen molar-refractivity contribution in [2.45, 2.75) is 39.2 Å². The summed E-state index contributed by atoms with van der Waals surface area (Å²) in [7, 11) is 0. The molecule has 82 valence electrons. The second-order valence-electron chi connectivity index (χ2n) is 3.14. The first-order chi connectivity index (χ1) is 6.67. The van der Waals surface area contributed by atoms with E-state index in [1.165, 1.54) is 0 Å². The molecule has 2 atom stereocenters. The van der Waals surface area contributed by atoms with Gasteiger partial charge in [-0.2, -0.15) is 0 Å². The number of aldehydes is 1. The molecule has 0 fully saturated rings. The molecule has 0 unspecified atom stereocenters. The molecule has 0 amide bonds. The molecule has 0 aromatic heterocycles. The lowest BCUT2D eigenvalue weighted by atomic mass is 9.98. The molecule has 0 radical (unpaired) electrons. The number of hydrogen-bond donors (Lipinski definition) is 1. The van der Waals surface area contributed by atoms with Gasteiger partial charge in [0, 0.05) is 0 Å². The number of ether oxygens (including phenoxy) is 1. The van der Waals surface area contributed by atoms with Crippen molar-refractivity contribution in [2.24, 2.45) is 5.92 Å². The van der Waals surface area contributed by atoms with Crippen molar-refractivity contribution < 1.29 is 19.4 Å². The molecule has 0 aromatic carbocycles. The number of aliphatic hydroxyl groups is 1. The zero-order valence-electron chi connectivity index (χ0n) is 8.73. The van der Waals surface area contributed by atoms with Crippen LogP contribution in [0.5, 0.6) is 0 Å². The summed E-state index contributed by atoms with van der Waals surface area (Å²) in [6.07, 6.45) is 1.59. The normalized spacial score (nSPS) is 14.5. The maximum absolute atomic E-state index is 11.1. The fraction of sp³-hybridized carbons (Fsp3) is 0.800. The molecule has 0 rings (SSSR count). The monoisotopic (exact) mass is 202 g/mol. The lowest BCUT2D eigenvalue weighted by Crippen LogP contribution is -2.32. The van der Waals surface area contributed by atoms with Gasteiger partial charge in [-0.25, -0.2) is 4.79 Å². The first-order valence-corrected chi connectivity index (χ1v) is 4.97. The van der Waals surface area contributed by atoms with Crippen molar-refractivity contribution in [3.63, 3.8) is 0 Å². The van der Waals surface area contributed by atoms with Crippen LogP contribution in [-0.4, -0.2) is 30.1 Å². The van der Waals surface area contributed by atoms with Gasteiger partial charge in [-0.3, -0.25) is 0 Å². The highest BCUT2D eigenvalue weighted by atomic mass is 16.5. The summed E-state index contributed by atoms with van der Waals surface area (Å²) >= 11 is 0. The Balaban J connectivity index is 4.08. The Morgan fingerprint density at radius 2 is 2.14 bits per heavy atom. The fourth-order valence-corrected chi connectivity index (χ4v) is 1.14. The summed E-state index contributed by atoms with van der Waals surface area (Å²) in [5.41, 5.74) is 0. The third-order valence-corrected chi connectivity index (χ3v) is 2.00. The number of hydrogen-bond acceptors (Lipinski definition) is 4. The lowest BCUT2D eigenvalue weighted by molar-refractivity contribution is -0.157. The number of esters is 1. The molecule has 4 heteroatoms. The molecule has 0 saturated carbocycles. The number of aliphatic hydroxyl groups excluding tert-OH is 1. The van der Waals surface area contributed by atoms with E-state index < -0.39 is 18.0 Å². The summed E-state index contributed by atoms with van der Waals surface area (Å²) in [6, 6.07) is 0. The molecule has 1 N–H and O–H groups in total. The summed E-state index contributed by atoms with van der Waals surface area (Å²) in [6.45, 7) is 3.86. The molecular formula is C10H18O4. The summed E-state index contributed by atoms with van der Waals surface area (Å²) < 4.78 is 4.62. The van der Waals surface area contributed by atoms with E-state index in [1.54, 1.807) is 6.92 Å². The first-order valence-electron chi connectivity index (χ1n) is 4.97. The lowest BCUT2D eigenvalue weighted by Gasteiger charge is -2.15. The Morgan fingerprint density at radius 1 is 1.50 bits per heavy atom. The van der Waals surface area contributed by atoms with Crippen LogP contribution in [0.4, 0.5) is 0 Å². The van der Waals surface area contributed by atoms with Crippen LogP contribution in [0.2, 0.25) is 0 Å². The molecule has 0 spiro atoms. The molecule has 0 aliphatic carbocycles. The van der Waals surface area contributed by atoms with E-state index in [0.717, 1.165) is 12.8 Å². The molecule has 14 heavy (non-hydrogen) atoms. The Labute approximate surface area is 84.3 Å². The summed E-state index contributed by atoms with van der Waals surface area (Å²) in [5, 5.41) is 9.43. The van der Waals surface area contributed by atoms with Gasteiger partial charge in [0.15, 0.2) is 6.10 Å². The Kier molecular flexibility index (Phi) is 7.02. The van der Waals surface area contributed by atoms with E-state index in [1.807, 2.05) is 6.92 Å². The van der Waals surface area contributed by atoms with E-state index >= 15 is 0 Å². The third kappa shape index (κ3) is 4.37. The van der Waals surface area contributed by atoms with E-state index in [2.05, 4.69) is 4.74 Å². The van der Waals surface area contributed by atoms with Crippen LogP contribution < -0.4 is 0 Å². The van der Waals surface area contributed by atoms with Crippen molar-refractivity contribution in [1.29, 1.82) is 0 Å². The van der Waals surface area contributed by atoms with E-state index in [9.17, 15) is 14.7 Å². The van der Waals surface area contributed by atoms with E-state index in [-0.39, 0.29) is 6.61 Å². The molecule has 0 aliphatic rings. The maximum Gasteiger partial charge on any atom is 0.335 e. The second kappa shape index (κ2) is 7.50. The minimum atomic E-state index is -1.31. The average Bonchev–Trinajstić information content (AvgIpc) is 2.19. The molecular weight excluding hydrogens is 184 g/mol. The molecule has 0 aliphatic heterocycles. The standard InChI is InChI=1S/C10H18O4/c1-3-5-6-8(7-11)9(12)10(13)14-4-2/h7-9,12H,3-6H2,1-2H3/t8-,9+/m0/s1. The van der Waals surface area contributed by atoms with Crippen molar-refractivity contribution in [3.8, 4) is 0 Å². The molecule has 0 aromatic rings. The van der Waals surface area contributed by atoms with Gasteiger partial charge in [0.05, 0.1) is 12.5 Å². The van der Waals surface area contributed by atoms with Crippen LogP contribution in [0.3, 0.4) is 0 Å². The van der Waals surface area contributed by atoms with Crippen LogP contribution in [0.25, 0.3) is 0 Å². The maximum atomic E-state index is 11.1. The zero-order valence-corrected chi connectivity index (χ0v) is 8.73. The van der Waals surface area contributed by atoms with Crippen molar-refractivity contribution >= 4 is 12.3 Å². The summed E-state index contributed by atoms with van der Waals surface area (Å²) in [5.74, 6) is -1.34. The van der Waals surface area contributed by atoms with Crippen LogP contribution in [0.15, 0.2) is 0 Å². The summed E-state index contributed by atoms with van der Waals surface area (Å²) in [4.78, 5) is 21.7. The highest BCUT2D eigenvalue weighted by Gasteiger charge is 2.26. The first kappa shape index (κ1) is 13.1. The number of carbonyl (C=O) groups excluding carboxylic acids is 2. The highest BCUT2D eigenvalue weighted by molar-refractivity contribution is 5.78. The third-order valence-electron chi connectivity index (χ3n) is 2.00. The zero-order chi connectivity index (χ0) is 11.0. The Hall–Kier alpha value is -0.900. The van der Waals surface area contributed by atoms with Crippen molar-refractivity contribution in [2.75, 3.05) is 6.61 Å². The van der Waals surface area contributed by atoms with Gasteiger partial charge in [-0.05, 0) is 13.3 Å². The van der Waals surface area contributed by atoms with Gasteiger partial charge in [0.2, 0.25) is 0 Å². The topological polar surface area (TPSA) is 63.6 Å². The van der Waals surface area contributed by atoms with Crippen LogP contribution >= 0.6 is 0 Å². The number of rotatable bonds is 7. The molecule has 0 saturated heterocycles. The quantitative estimate of drug-likeness (QED) is 0.492. The van der Waals surface area contributed by atoms with Gasteiger partial charge in [0.25, 0.3) is 0 Å². The Bertz CT molecular complexity index is 179.